The number of ether oxygens (including phenoxy) is 2. The maximum absolute atomic E-state index is 13.4. The highest BCUT2D eigenvalue weighted by atomic mass is 16.5. The zero-order valence-electron chi connectivity index (χ0n) is 26.8. The molecule has 246 valence electrons. The van der Waals surface area contributed by atoms with Gasteiger partial charge in [0.25, 0.3) is 0 Å². The summed E-state index contributed by atoms with van der Waals surface area (Å²) in [5, 5.41) is 27.6. The van der Waals surface area contributed by atoms with Crippen molar-refractivity contribution in [3.63, 3.8) is 0 Å². The van der Waals surface area contributed by atoms with Gasteiger partial charge in [-0.25, -0.2) is 0 Å². The van der Waals surface area contributed by atoms with Crippen molar-refractivity contribution in [1.29, 1.82) is 0 Å². The number of fused-ring (bicyclic) bond motifs is 8. The van der Waals surface area contributed by atoms with Crippen LogP contribution in [0.5, 0.6) is 0 Å². The molecule has 6 rings (SSSR count). The Kier molecular flexibility index (Phi) is 9.56. The second-order valence-electron chi connectivity index (χ2n) is 14.8. The molecule has 0 aromatic carbocycles. The van der Waals surface area contributed by atoms with Crippen molar-refractivity contribution in [3.05, 3.63) is 12.7 Å². The molecular formula is C34H54N4O6. The number of methoxy groups -OCH3 is 1. The number of hydrogen-bond acceptors (Lipinski definition) is 10. The predicted octanol–water partition coefficient (Wildman–Crippen LogP) is 1.56. The van der Waals surface area contributed by atoms with Crippen LogP contribution in [0.15, 0.2) is 12.7 Å². The molecule has 17 atom stereocenters. The number of nitrogens with one attached hydrogen (secondary N) is 4. The molecule has 8 bridgehead atoms. The van der Waals surface area contributed by atoms with E-state index in [9.17, 15) is 19.5 Å². The monoisotopic (exact) mass is 614 g/mol. The smallest absolute Gasteiger partial charge is 0.311 e. The highest BCUT2D eigenvalue weighted by Crippen LogP contribution is 2.52. The van der Waals surface area contributed by atoms with Crippen LogP contribution in [-0.4, -0.2) is 91.5 Å². The third-order valence-electron chi connectivity index (χ3n) is 12.8. The first kappa shape index (κ1) is 32.1. The molecule has 1 aliphatic carbocycles. The SMILES string of the molecule is C=CC1CC2CC3CC(CCOC(C)=O)C(N3)C3C4NC(CC5NC(CC1N2)C(C=O)C5CC)C(C)C4C(O)C3C(=O)OC. The Morgan fingerprint density at radius 3 is 2.36 bits per heavy atom. The van der Waals surface area contributed by atoms with Gasteiger partial charge in [0.15, 0.2) is 0 Å². The highest BCUT2D eigenvalue weighted by Gasteiger charge is 2.63. The van der Waals surface area contributed by atoms with Crippen molar-refractivity contribution < 1.29 is 29.0 Å². The quantitative estimate of drug-likeness (QED) is 0.163. The van der Waals surface area contributed by atoms with Crippen LogP contribution in [0.4, 0.5) is 0 Å². The summed E-state index contributed by atoms with van der Waals surface area (Å²) in [5.74, 6) is -0.590. The lowest BCUT2D eigenvalue weighted by atomic mass is 9.79. The lowest BCUT2D eigenvalue weighted by Gasteiger charge is -2.35. The van der Waals surface area contributed by atoms with Gasteiger partial charge >= 0.3 is 11.9 Å². The normalized spacial score (nSPS) is 49.5. The average Bonchev–Trinajstić information content (AvgIpc) is 3.78. The Balaban J connectivity index is 1.36. The van der Waals surface area contributed by atoms with E-state index in [0.29, 0.717) is 25.0 Å². The van der Waals surface area contributed by atoms with E-state index in [4.69, 9.17) is 9.47 Å². The molecular weight excluding hydrogens is 560 g/mol. The molecule has 5 heterocycles. The van der Waals surface area contributed by atoms with Gasteiger partial charge < -0.3 is 40.6 Å². The van der Waals surface area contributed by atoms with Crippen LogP contribution >= 0.6 is 0 Å². The summed E-state index contributed by atoms with van der Waals surface area (Å²) in [6.07, 6.45) is 8.75. The Morgan fingerprint density at radius 2 is 1.68 bits per heavy atom. The molecule has 6 fully saturated rings. The Hall–Kier alpha value is -1.85. The lowest BCUT2D eigenvalue weighted by Crippen LogP contribution is -2.52. The molecule has 0 aromatic heterocycles. The third kappa shape index (κ3) is 5.67. The van der Waals surface area contributed by atoms with E-state index in [1.165, 1.54) is 20.3 Å². The van der Waals surface area contributed by atoms with Gasteiger partial charge in [-0.05, 0) is 62.2 Å². The summed E-state index contributed by atoms with van der Waals surface area (Å²) >= 11 is 0. The number of carbonyl (C=O) groups is 3. The van der Waals surface area contributed by atoms with E-state index in [2.05, 4.69) is 47.8 Å². The van der Waals surface area contributed by atoms with E-state index in [0.717, 1.165) is 38.5 Å². The Labute approximate surface area is 262 Å². The van der Waals surface area contributed by atoms with Gasteiger partial charge in [0.2, 0.25) is 0 Å². The van der Waals surface area contributed by atoms with Gasteiger partial charge in [0, 0.05) is 73.0 Å². The molecule has 17 unspecified atom stereocenters. The first-order valence-corrected chi connectivity index (χ1v) is 17.2. The van der Waals surface area contributed by atoms with Crippen LogP contribution in [-0.2, 0) is 23.9 Å². The molecule has 44 heavy (non-hydrogen) atoms. The van der Waals surface area contributed by atoms with E-state index in [1.807, 2.05) is 0 Å². The second-order valence-corrected chi connectivity index (χ2v) is 14.8. The minimum absolute atomic E-state index is 0.0269. The zero-order chi connectivity index (χ0) is 31.3. The van der Waals surface area contributed by atoms with Crippen LogP contribution < -0.4 is 21.3 Å². The van der Waals surface area contributed by atoms with Crippen LogP contribution in [0.1, 0.15) is 65.7 Å². The molecule has 10 heteroatoms. The van der Waals surface area contributed by atoms with E-state index < -0.39 is 12.0 Å². The van der Waals surface area contributed by atoms with Gasteiger partial charge in [-0.3, -0.25) is 9.59 Å². The molecule has 5 aliphatic heterocycles. The second kappa shape index (κ2) is 13.1. The number of hydrogen-bond donors (Lipinski definition) is 5. The minimum Gasteiger partial charge on any atom is -0.469 e. The number of aliphatic hydroxyl groups is 1. The molecule has 6 aliphatic rings. The first-order chi connectivity index (χ1) is 21.2. The standard InChI is InChI=1S/C34H54N4O6/c1-6-18-10-20-12-21-11-19(8-9-44-17(4)40)31(36-21)29-30(34(42)43-5)33(41)28-16(3)24(38-32(28)29)13-26-22(7-2)23(15-39)27(37-26)14-25(18)35-20/h6,15-16,18-33,35-38,41H,1,7-14H2,2-5H3. The van der Waals surface area contributed by atoms with Crippen LogP contribution in [0, 0.1) is 47.3 Å². The van der Waals surface area contributed by atoms with Gasteiger partial charge in [0.05, 0.1) is 25.7 Å². The molecule has 1 saturated carbocycles. The van der Waals surface area contributed by atoms with E-state index in [-0.39, 0.29) is 89.7 Å². The summed E-state index contributed by atoms with van der Waals surface area (Å²) < 4.78 is 10.7. The molecule has 5 N–H and O–H groups in total. The van der Waals surface area contributed by atoms with Crippen molar-refractivity contribution in [2.75, 3.05) is 13.7 Å². The summed E-state index contributed by atoms with van der Waals surface area (Å²) in [6, 6.07) is 1.19. The predicted molar refractivity (Wildman–Crippen MR) is 165 cm³/mol. The van der Waals surface area contributed by atoms with E-state index >= 15 is 0 Å². The number of aliphatic hydroxyl groups excluding tert-OH is 1. The molecule has 0 spiro atoms. The first-order valence-electron chi connectivity index (χ1n) is 17.2. The number of aldehydes is 1. The topological polar surface area (TPSA) is 138 Å². The van der Waals surface area contributed by atoms with Crippen LogP contribution in [0.2, 0.25) is 0 Å². The van der Waals surface area contributed by atoms with Crippen molar-refractivity contribution in [2.24, 2.45) is 47.3 Å². The van der Waals surface area contributed by atoms with Crippen molar-refractivity contribution in [2.45, 2.75) is 120 Å². The fourth-order valence-electron chi connectivity index (χ4n) is 10.9. The third-order valence-corrected chi connectivity index (χ3v) is 12.8. The molecule has 0 amide bonds. The maximum atomic E-state index is 13.4. The van der Waals surface area contributed by atoms with Crippen LogP contribution in [0.25, 0.3) is 0 Å². The fourth-order valence-corrected chi connectivity index (χ4v) is 10.9. The van der Waals surface area contributed by atoms with Crippen molar-refractivity contribution in [1.82, 2.24) is 21.3 Å². The number of esters is 2. The van der Waals surface area contributed by atoms with Gasteiger partial charge in [-0.1, -0.05) is 26.3 Å². The highest BCUT2D eigenvalue weighted by molar-refractivity contribution is 5.74. The van der Waals surface area contributed by atoms with E-state index in [1.54, 1.807) is 0 Å². The van der Waals surface area contributed by atoms with Crippen molar-refractivity contribution in [3.8, 4) is 0 Å². The van der Waals surface area contributed by atoms with Crippen LogP contribution in [0.3, 0.4) is 0 Å². The molecule has 0 aromatic rings. The molecule has 0 radical (unpaired) electrons. The lowest BCUT2D eigenvalue weighted by molar-refractivity contribution is -0.151. The summed E-state index contributed by atoms with van der Waals surface area (Å²) in [5.41, 5.74) is 0. The number of rotatable bonds is 7. The maximum Gasteiger partial charge on any atom is 0.311 e. The zero-order valence-corrected chi connectivity index (χ0v) is 26.8. The minimum atomic E-state index is -0.807. The van der Waals surface area contributed by atoms with Gasteiger partial charge in [-0.2, -0.15) is 0 Å². The fraction of sp³-hybridized carbons (Fsp3) is 0.853. The van der Waals surface area contributed by atoms with Gasteiger partial charge in [-0.15, -0.1) is 6.58 Å². The number of carbonyl (C=O) groups excluding carboxylic acids is 3. The average molecular weight is 615 g/mol. The van der Waals surface area contributed by atoms with Gasteiger partial charge in [0.1, 0.15) is 6.29 Å². The Morgan fingerprint density at radius 1 is 0.932 bits per heavy atom. The summed E-state index contributed by atoms with van der Waals surface area (Å²) in [7, 11) is 1.41. The van der Waals surface area contributed by atoms with Crippen molar-refractivity contribution >= 4 is 18.2 Å². The Bertz CT molecular complexity index is 1090. The largest absolute Gasteiger partial charge is 0.469 e. The molecule has 10 nitrogen and oxygen atoms in total. The summed E-state index contributed by atoms with van der Waals surface area (Å²) in [6.45, 7) is 10.4. The summed E-state index contributed by atoms with van der Waals surface area (Å²) in [4.78, 5) is 37.5. The molecule has 5 saturated heterocycles.